The molecule has 154 valence electrons. The number of aryl methyl sites for hydroxylation is 1. The van der Waals surface area contributed by atoms with E-state index in [4.69, 9.17) is 16.9 Å². The van der Waals surface area contributed by atoms with E-state index in [1.165, 1.54) is 11.8 Å². The van der Waals surface area contributed by atoms with Gasteiger partial charge in [0.1, 0.15) is 5.75 Å². The van der Waals surface area contributed by atoms with Crippen LogP contribution in [-0.2, 0) is 10.2 Å². The Kier molecular flexibility index (Phi) is 6.45. The first-order valence-corrected chi connectivity index (χ1v) is 10.8. The SMILES string of the molecule is C#Cc1cnc2ccc(OC(SC)C(=O)C(N)C(C)(C)c3cccc(C)n3)cc2c1. The topological polar surface area (TPSA) is 78.1 Å². The monoisotopic (exact) mass is 419 g/mol. The molecule has 0 bridgehead atoms. The second kappa shape index (κ2) is 8.86. The molecule has 2 heterocycles. The molecule has 0 fully saturated rings. The molecule has 6 heteroatoms. The van der Waals surface area contributed by atoms with Gasteiger partial charge in [0.2, 0.25) is 11.2 Å². The maximum atomic E-state index is 13.2. The van der Waals surface area contributed by atoms with Crippen LogP contribution in [-0.4, -0.2) is 33.5 Å². The zero-order valence-electron chi connectivity index (χ0n) is 17.5. The number of pyridine rings is 2. The van der Waals surface area contributed by atoms with Gasteiger partial charge in [0, 0.05) is 33.9 Å². The second-order valence-electron chi connectivity index (χ2n) is 7.67. The molecule has 5 nitrogen and oxygen atoms in total. The average molecular weight is 420 g/mol. The van der Waals surface area contributed by atoms with E-state index in [1.807, 2.05) is 63.4 Å². The highest BCUT2D eigenvalue weighted by molar-refractivity contribution is 7.99. The molecule has 2 aromatic heterocycles. The van der Waals surface area contributed by atoms with Crippen molar-refractivity contribution in [3.05, 3.63) is 65.6 Å². The highest BCUT2D eigenvalue weighted by Gasteiger charge is 2.38. The van der Waals surface area contributed by atoms with Crippen LogP contribution in [0.1, 0.15) is 30.8 Å². The Morgan fingerprint density at radius 3 is 2.70 bits per heavy atom. The van der Waals surface area contributed by atoms with Gasteiger partial charge in [-0.1, -0.05) is 25.8 Å². The molecule has 2 N–H and O–H groups in total. The van der Waals surface area contributed by atoms with Gasteiger partial charge in [0.25, 0.3) is 0 Å². The zero-order valence-corrected chi connectivity index (χ0v) is 18.4. The van der Waals surface area contributed by atoms with E-state index < -0.39 is 16.9 Å². The first-order valence-electron chi connectivity index (χ1n) is 9.55. The fourth-order valence-corrected chi connectivity index (χ4v) is 3.76. The summed E-state index contributed by atoms with van der Waals surface area (Å²) in [6, 6.07) is 12.3. The van der Waals surface area contributed by atoms with Gasteiger partial charge in [-0.15, -0.1) is 18.2 Å². The number of aromatic nitrogens is 2. The predicted octanol–water partition coefficient (Wildman–Crippen LogP) is 3.86. The van der Waals surface area contributed by atoms with E-state index in [2.05, 4.69) is 15.9 Å². The lowest BCUT2D eigenvalue weighted by Crippen LogP contribution is -2.51. The zero-order chi connectivity index (χ0) is 21.9. The number of benzene rings is 1. The number of nitrogens with two attached hydrogens (primary N) is 1. The molecule has 0 saturated heterocycles. The van der Waals surface area contributed by atoms with Crippen LogP contribution >= 0.6 is 11.8 Å². The summed E-state index contributed by atoms with van der Waals surface area (Å²) in [5.41, 5.74) is 8.18. The Bertz CT molecular complexity index is 1120. The van der Waals surface area contributed by atoms with Crippen molar-refractivity contribution in [1.29, 1.82) is 0 Å². The van der Waals surface area contributed by atoms with Crippen LogP contribution in [0.3, 0.4) is 0 Å². The number of rotatable bonds is 7. The lowest BCUT2D eigenvalue weighted by Gasteiger charge is -2.32. The summed E-state index contributed by atoms with van der Waals surface area (Å²) in [6.45, 7) is 5.77. The first-order chi connectivity index (χ1) is 14.3. The average Bonchev–Trinajstić information content (AvgIpc) is 2.75. The van der Waals surface area contributed by atoms with Crippen LogP contribution < -0.4 is 10.5 Å². The number of nitrogens with zero attached hydrogens (tertiary/aromatic N) is 2. The standard InChI is InChI=1S/C24H25N3O2S/c1-6-16-12-17-13-18(10-11-19(17)26-14-16)29-23(30-5)21(28)22(25)24(3,4)20-9-7-8-15(2)27-20/h1,7-14,22-23H,25H2,2-5H3. The van der Waals surface area contributed by atoms with Gasteiger partial charge < -0.3 is 10.5 Å². The van der Waals surface area contributed by atoms with Gasteiger partial charge >= 0.3 is 0 Å². The molecule has 3 aromatic rings. The van der Waals surface area contributed by atoms with Gasteiger partial charge in [0.05, 0.1) is 11.6 Å². The first kappa shape index (κ1) is 21.8. The van der Waals surface area contributed by atoms with Crippen molar-refractivity contribution >= 4 is 28.4 Å². The lowest BCUT2D eigenvalue weighted by molar-refractivity contribution is -0.125. The molecule has 0 aliphatic carbocycles. The van der Waals surface area contributed by atoms with Gasteiger partial charge in [0.15, 0.2) is 0 Å². The van der Waals surface area contributed by atoms with Gasteiger partial charge in [-0.3, -0.25) is 14.8 Å². The van der Waals surface area contributed by atoms with Crippen LogP contribution in [0.15, 0.2) is 48.7 Å². The van der Waals surface area contributed by atoms with Gasteiger partial charge in [-0.05, 0) is 49.6 Å². The number of hydrogen-bond donors (Lipinski definition) is 1. The molecular formula is C24H25N3O2S. The van der Waals surface area contributed by atoms with Crippen LogP contribution in [0.5, 0.6) is 5.75 Å². The van der Waals surface area contributed by atoms with Crippen molar-refractivity contribution in [3.63, 3.8) is 0 Å². The molecule has 30 heavy (non-hydrogen) atoms. The molecule has 0 aliphatic heterocycles. The van der Waals surface area contributed by atoms with Crippen molar-refractivity contribution in [2.45, 2.75) is 37.7 Å². The second-order valence-corrected chi connectivity index (χ2v) is 8.57. The summed E-state index contributed by atoms with van der Waals surface area (Å²) in [6.07, 6.45) is 8.94. The van der Waals surface area contributed by atoms with E-state index >= 15 is 0 Å². The largest absolute Gasteiger partial charge is 0.472 e. The summed E-state index contributed by atoms with van der Waals surface area (Å²) in [5.74, 6) is 2.95. The van der Waals surface area contributed by atoms with E-state index in [-0.39, 0.29) is 5.78 Å². The van der Waals surface area contributed by atoms with Gasteiger partial charge in [-0.25, -0.2) is 0 Å². The number of hydrogen-bond acceptors (Lipinski definition) is 6. The number of ether oxygens (including phenoxy) is 1. The smallest absolute Gasteiger partial charge is 0.204 e. The highest BCUT2D eigenvalue weighted by atomic mass is 32.2. The number of ketones is 1. The third-order valence-corrected chi connectivity index (χ3v) is 5.90. The highest BCUT2D eigenvalue weighted by Crippen LogP contribution is 2.29. The minimum atomic E-state index is -0.778. The molecule has 2 atom stereocenters. The minimum Gasteiger partial charge on any atom is -0.472 e. The Labute approximate surface area is 181 Å². The lowest BCUT2D eigenvalue weighted by atomic mass is 9.79. The maximum Gasteiger partial charge on any atom is 0.204 e. The van der Waals surface area contributed by atoms with E-state index in [9.17, 15) is 4.79 Å². The maximum absolute atomic E-state index is 13.2. The molecule has 0 amide bonds. The normalized spacial score (nSPS) is 13.5. The number of Topliss-reactive ketones (excluding diaryl/α,β-unsaturated/α-hetero) is 1. The number of carbonyl (C=O) groups is 1. The molecule has 3 rings (SSSR count). The third kappa shape index (κ3) is 4.48. The van der Waals surface area contributed by atoms with Crippen LogP contribution in [0.4, 0.5) is 0 Å². The summed E-state index contributed by atoms with van der Waals surface area (Å²) in [7, 11) is 0. The Morgan fingerprint density at radius 1 is 1.27 bits per heavy atom. The fraction of sp³-hybridized carbons (Fsp3) is 0.292. The summed E-state index contributed by atoms with van der Waals surface area (Å²) >= 11 is 1.31. The summed E-state index contributed by atoms with van der Waals surface area (Å²) < 4.78 is 6.02. The molecular weight excluding hydrogens is 394 g/mol. The number of terminal acetylenes is 1. The van der Waals surface area contributed by atoms with Crippen LogP contribution in [0.25, 0.3) is 10.9 Å². The van der Waals surface area contributed by atoms with Crippen molar-refractivity contribution in [2.75, 3.05) is 6.26 Å². The van der Waals surface area contributed by atoms with Gasteiger partial charge in [-0.2, -0.15) is 0 Å². The molecule has 0 spiro atoms. The number of fused-ring (bicyclic) bond motifs is 1. The molecule has 0 aliphatic rings. The minimum absolute atomic E-state index is 0.189. The van der Waals surface area contributed by atoms with Crippen LogP contribution in [0.2, 0.25) is 0 Å². The quantitative estimate of drug-likeness (QED) is 0.463. The van der Waals surface area contributed by atoms with E-state index in [0.29, 0.717) is 11.3 Å². The molecule has 1 aromatic carbocycles. The van der Waals surface area contributed by atoms with Crippen molar-refractivity contribution in [3.8, 4) is 18.1 Å². The number of carbonyl (C=O) groups excluding carboxylic acids is 1. The number of thioether (sulfide) groups is 1. The van der Waals surface area contributed by atoms with Crippen molar-refractivity contribution < 1.29 is 9.53 Å². The molecule has 0 saturated carbocycles. The Balaban J connectivity index is 1.83. The Morgan fingerprint density at radius 2 is 2.03 bits per heavy atom. The molecule has 2 unspecified atom stereocenters. The third-order valence-electron chi connectivity index (χ3n) is 5.14. The van der Waals surface area contributed by atoms with Crippen molar-refractivity contribution in [1.82, 2.24) is 9.97 Å². The fourth-order valence-electron chi connectivity index (χ4n) is 3.17. The molecule has 0 radical (unpaired) electrons. The predicted molar refractivity (Wildman–Crippen MR) is 123 cm³/mol. The summed E-state index contributed by atoms with van der Waals surface area (Å²) in [5, 5.41) is 0.851. The van der Waals surface area contributed by atoms with Crippen molar-refractivity contribution in [2.24, 2.45) is 5.73 Å². The van der Waals surface area contributed by atoms with E-state index in [0.717, 1.165) is 22.3 Å². The Hall–Kier alpha value is -2.88. The summed E-state index contributed by atoms with van der Waals surface area (Å²) in [4.78, 5) is 22.1. The van der Waals surface area contributed by atoms with Crippen LogP contribution in [0, 0.1) is 19.3 Å². The van der Waals surface area contributed by atoms with E-state index in [1.54, 1.807) is 12.3 Å².